The van der Waals surface area contributed by atoms with E-state index in [0.29, 0.717) is 11.2 Å². The lowest BCUT2D eigenvalue weighted by atomic mass is 10.1. The van der Waals surface area contributed by atoms with Crippen LogP contribution in [0.4, 0.5) is 5.13 Å². The van der Waals surface area contributed by atoms with Gasteiger partial charge in [-0.1, -0.05) is 18.3 Å². The third-order valence-corrected chi connectivity index (χ3v) is 5.03. The van der Waals surface area contributed by atoms with Gasteiger partial charge in [0.25, 0.3) is 5.91 Å². The second kappa shape index (κ2) is 5.61. The molecular formula is C15H20N4OS. The third kappa shape index (κ3) is 2.73. The van der Waals surface area contributed by atoms with Crippen molar-refractivity contribution in [3.63, 3.8) is 0 Å². The Bertz CT molecular complexity index is 669. The summed E-state index contributed by atoms with van der Waals surface area (Å²) in [7, 11) is 2.13. The number of rotatable bonds is 2. The summed E-state index contributed by atoms with van der Waals surface area (Å²) in [6, 6.07) is 6.09. The van der Waals surface area contributed by atoms with Gasteiger partial charge >= 0.3 is 0 Å². The second-order valence-corrected chi connectivity index (χ2v) is 6.59. The number of hydrogen-bond acceptors (Lipinski definition) is 5. The Morgan fingerprint density at radius 1 is 1.48 bits per heavy atom. The molecule has 3 rings (SSSR count). The molecule has 2 aromatic rings. The first kappa shape index (κ1) is 14.3. The van der Waals surface area contributed by atoms with Crippen molar-refractivity contribution in [3.05, 3.63) is 23.8 Å². The van der Waals surface area contributed by atoms with E-state index in [0.717, 1.165) is 41.8 Å². The molecule has 0 spiro atoms. The average Bonchev–Trinajstić information content (AvgIpc) is 2.86. The minimum atomic E-state index is 0.107. The zero-order valence-electron chi connectivity index (χ0n) is 12.4. The lowest BCUT2D eigenvalue weighted by Crippen LogP contribution is -2.52. The summed E-state index contributed by atoms with van der Waals surface area (Å²) in [6.45, 7) is 4.69. The van der Waals surface area contributed by atoms with E-state index in [9.17, 15) is 4.79 Å². The van der Waals surface area contributed by atoms with Gasteiger partial charge in [-0.2, -0.15) is 0 Å². The molecule has 0 saturated carbocycles. The Labute approximate surface area is 128 Å². The molecule has 112 valence electrons. The van der Waals surface area contributed by atoms with Gasteiger partial charge in [0, 0.05) is 31.2 Å². The summed E-state index contributed by atoms with van der Waals surface area (Å²) in [6.07, 6.45) is 1.06. The number of amides is 1. The van der Waals surface area contributed by atoms with Gasteiger partial charge in [-0.15, -0.1) is 0 Å². The molecule has 0 bridgehead atoms. The topological polar surface area (TPSA) is 62.5 Å². The van der Waals surface area contributed by atoms with Crippen LogP contribution in [0.25, 0.3) is 10.2 Å². The highest BCUT2D eigenvalue weighted by Gasteiger charge is 2.26. The molecule has 2 N–H and O–H groups in total. The molecule has 1 aromatic carbocycles. The number of nitrogen functional groups attached to an aromatic ring is 1. The van der Waals surface area contributed by atoms with Gasteiger partial charge in [0.2, 0.25) is 0 Å². The zero-order chi connectivity index (χ0) is 15.0. The van der Waals surface area contributed by atoms with Crippen LogP contribution in [0.15, 0.2) is 18.2 Å². The van der Waals surface area contributed by atoms with E-state index in [-0.39, 0.29) is 5.91 Å². The second-order valence-electron chi connectivity index (χ2n) is 5.53. The first-order valence-corrected chi connectivity index (χ1v) is 8.05. The molecule has 1 aromatic heterocycles. The van der Waals surface area contributed by atoms with Gasteiger partial charge in [-0.3, -0.25) is 9.69 Å². The van der Waals surface area contributed by atoms with E-state index in [1.165, 1.54) is 11.3 Å². The van der Waals surface area contributed by atoms with Crippen molar-refractivity contribution in [1.29, 1.82) is 0 Å². The number of fused-ring (bicyclic) bond motifs is 1. The Kier molecular flexibility index (Phi) is 3.82. The van der Waals surface area contributed by atoms with Crippen molar-refractivity contribution < 1.29 is 4.79 Å². The van der Waals surface area contributed by atoms with Crippen LogP contribution in [0.2, 0.25) is 0 Å². The van der Waals surface area contributed by atoms with Gasteiger partial charge in [0.05, 0.1) is 10.2 Å². The molecule has 0 radical (unpaired) electrons. The fraction of sp³-hybridized carbons (Fsp3) is 0.467. The largest absolute Gasteiger partial charge is 0.375 e. The summed E-state index contributed by atoms with van der Waals surface area (Å²) in [4.78, 5) is 21.2. The number of likely N-dealkylation sites (N-methyl/N-ethyl adjacent to an activating group) is 1. The molecular weight excluding hydrogens is 284 g/mol. The fourth-order valence-corrected chi connectivity index (χ4v) is 3.60. The highest BCUT2D eigenvalue weighted by molar-refractivity contribution is 7.22. The molecule has 1 unspecified atom stereocenters. The van der Waals surface area contributed by atoms with Crippen molar-refractivity contribution in [2.75, 3.05) is 32.4 Å². The highest BCUT2D eigenvalue weighted by Crippen LogP contribution is 2.25. The Balaban J connectivity index is 1.82. The molecule has 2 heterocycles. The summed E-state index contributed by atoms with van der Waals surface area (Å²) in [5, 5.41) is 0.542. The van der Waals surface area contributed by atoms with Crippen LogP contribution in [0.1, 0.15) is 23.7 Å². The normalized spacial score (nSPS) is 20.1. The first-order chi connectivity index (χ1) is 10.1. The summed E-state index contributed by atoms with van der Waals surface area (Å²) >= 11 is 1.42. The van der Waals surface area contributed by atoms with Crippen LogP contribution < -0.4 is 5.73 Å². The number of nitrogens with zero attached hydrogens (tertiary/aromatic N) is 3. The van der Waals surface area contributed by atoms with E-state index in [2.05, 4.69) is 23.9 Å². The van der Waals surface area contributed by atoms with Crippen molar-refractivity contribution in [2.24, 2.45) is 0 Å². The monoisotopic (exact) mass is 304 g/mol. The van der Waals surface area contributed by atoms with Gasteiger partial charge in [0.1, 0.15) is 0 Å². The molecule has 1 aliphatic heterocycles. The SMILES string of the molecule is CCC1CN(C(=O)c2ccc3nc(N)sc3c2)CCN1C. The predicted molar refractivity (Wildman–Crippen MR) is 86.6 cm³/mol. The number of anilines is 1. The van der Waals surface area contributed by atoms with Crippen molar-refractivity contribution in [1.82, 2.24) is 14.8 Å². The molecule has 1 fully saturated rings. The van der Waals surface area contributed by atoms with Gasteiger partial charge in [-0.05, 0) is 31.7 Å². The van der Waals surface area contributed by atoms with E-state index in [1.54, 1.807) is 0 Å². The number of nitrogens with two attached hydrogens (primary N) is 1. The molecule has 1 aliphatic rings. The number of carbonyl (C=O) groups is 1. The molecule has 21 heavy (non-hydrogen) atoms. The lowest BCUT2D eigenvalue weighted by Gasteiger charge is -2.39. The number of carbonyl (C=O) groups excluding carboxylic acids is 1. The minimum absolute atomic E-state index is 0.107. The van der Waals surface area contributed by atoms with E-state index >= 15 is 0 Å². The van der Waals surface area contributed by atoms with Crippen LogP contribution in [-0.4, -0.2) is 53.4 Å². The molecule has 1 amide bonds. The Hall–Kier alpha value is -1.66. The summed E-state index contributed by atoms with van der Waals surface area (Å²) in [5.41, 5.74) is 7.31. The van der Waals surface area contributed by atoms with Crippen LogP contribution in [0, 0.1) is 0 Å². The van der Waals surface area contributed by atoms with Crippen molar-refractivity contribution >= 4 is 32.6 Å². The van der Waals surface area contributed by atoms with Crippen LogP contribution in [-0.2, 0) is 0 Å². The maximum Gasteiger partial charge on any atom is 0.254 e. The molecule has 5 nitrogen and oxygen atoms in total. The maximum absolute atomic E-state index is 12.7. The number of hydrogen-bond donors (Lipinski definition) is 1. The summed E-state index contributed by atoms with van der Waals surface area (Å²) in [5.74, 6) is 0.107. The number of aromatic nitrogens is 1. The lowest BCUT2D eigenvalue weighted by molar-refractivity contribution is 0.0542. The minimum Gasteiger partial charge on any atom is -0.375 e. The first-order valence-electron chi connectivity index (χ1n) is 7.24. The smallest absolute Gasteiger partial charge is 0.254 e. The highest BCUT2D eigenvalue weighted by atomic mass is 32.1. The number of piperazine rings is 1. The fourth-order valence-electron chi connectivity index (χ4n) is 2.83. The van der Waals surface area contributed by atoms with Gasteiger partial charge < -0.3 is 10.6 Å². The Morgan fingerprint density at radius 3 is 3.05 bits per heavy atom. The zero-order valence-corrected chi connectivity index (χ0v) is 13.2. The van der Waals surface area contributed by atoms with E-state index < -0.39 is 0 Å². The molecule has 1 saturated heterocycles. The molecule has 1 atom stereocenters. The number of thiazole rings is 1. The third-order valence-electron chi connectivity index (χ3n) is 4.19. The molecule has 0 aliphatic carbocycles. The van der Waals surface area contributed by atoms with Gasteiger partial charge in [0.15, 0.2) is 5.13 Å². The van der Waals surface area contributed by atoms with Crippen molar-refractivity contribution in [3.8, 4) is 0 Å². The van der Waals surface area contributed by atoms with Crippen LogP contribution >= 0.6 is 11.3 Å². The Morgan fingerprint density at radius 2 is 2.29 bits per heavy atom. The van der Waals surface area contributed by atoms with Crippen LogP contribution in [0.5, 0.6) is 0 Å². The standard InChI is InChI=1S/C15H20N4OS/c1-3-11-9-19(7-6-18(11)2)14(20)10-4-5-12-13(8-10)21-15(16)17-12/h4-5,8,11H,3,6-7,9H2,1-2H3,(H2,16,17). The molecule has 6 heteroatoms. The van der Waals surface area contributed by atoms with E-state index in [1.807, 2.05) is 23.1 Å². The average molecular weight is 304 g/mol. The van der Waals surface area contributed by atoms with Gasteiger partial charge in [-0.25, -0.2) is 4.98 Å². The maximum atomic E-state index is 12.7. The predicted octanol–water partition coefficient (Wildman–Crippen LogP) is 2.04. The summed E-state index contributed by atoms with van der Waals surface area (Å²) < 4.78 is 0.972. The number of benzene rings is 1. The van der Waals surface area contributed by atoms with Crippen LogP contribution in [0.3, 0.4) is 0 Å². The van der Waals surface area contributed by atoms with Crippen molar-refractivity contribution in [2.45, 2.75) is 19.4 Å². The van der Waals surface area contributed by atoms with E-state index in [4.69, 9.17) is 5.73 Å². The quantitative estimate of drug-likeness (QED) is 0.922.